The molecule has 0 N–H and O–H groups in total. The van der Waals surface area contributed by atoms with Gasteiger partial charge in [-0.3, -0.25) is 4.98 Å². The third kappa shape index (κ3) is 2.83. The van der Waals surface area contributed by atoms with E-state index < -0.39 is 0 Å². The Hall–Kier alpha value is -1.97. The van der Waals surface area contributed by atoms with E-state index in [1.54, 1.807) is 11.1 Å². The van der Waals surface area contributed by atoms with Crippen LogP contribution < -0.4 is 0 Å². The number of allylic oxidation sites excluding steroid dienone is 1. The van der Waals surface area contributed by atoms with Crippen molar-refractivity contribution < 1.29 is 4.74 Å². The van der Waals surface area contributed by atoms with Crippen LogP contribution >= 0.6 is 0 Å². The smallest absolute Gasteiger partial charge is 0.0974 e. The molecule has 2 aromatic rings. The Bertz CT molecular complexity index is 1280. The van der Waals surface area contributed by atoms with Crippen LogP contribution in [-0.4, -0.2) is 40.2 Å². The maximum Gasteiger partial charge on any atom is 0.0974 e. The first-order valence-electron chi connectivity index (χ1n) is 14.2. The highest BCUT2D eigenvalue weighted by Crippen LogP contribution is 2.69. The molecular formula is C32H38N2O. The van der Waals surface area contributed by atoms with Crippen LogP contribution in [0.1, 0.15) is 82.6 Å². The summed E-state index contributed by atoms with van der Waals surface area (Å²) in [5.74, 6) is 1.21. The molecule has 4 fully saturated rings. The lowest BCUT2D eigenvalue weighted by molar-refractivity contribution is -0.140. The predicted molar refractivity (Wildman–Crippen MR) is 140 cm³/mol. The van der Waals surface area contributed by atoms with Crippen molar-refractivity contribution in [3.8, 4) is 0 Å². The van der Waals surface area contributed by atoms with Crippen molar-refractivity contribution in [1.29, 1.82) is 0 Å². The minimum Gasteiger partial charge on any atom is -0.359 e. The zero-order valence-electron chi connectivity index (χ0n) is 21.3. The van der Waals surface area contributed by atoms with E-state index in [9.17, 15) is 0 Å². The minimum absolute atomic E-state index is 0.00830. The molecule has 2 unspecified atom stereocenters. The number of pyridine rings is 1. The summed E-state index contributed by atoms with van der Waals surface area (Å²) < 4.78 is 7.52. The number of hydrogen-bond acceptors (Lipinski definition) is 3. The Morgan fingerprint density at radius 3 is 2.80 bits per heavy atom. The molecule has 3 heteroatoms. The molecule has 2 bridgehead atoms. The molecule has 6 atom stereocenters. The van der Waals surface area contributed by atoms with Crippen LogP contribution in [0.4, 0.5) is 0 Å². The molecule has 8 rings (SSSR count). The van der Waals surface area contributed by atoms with Gasteiger partial charge in [0, 0.05) is 29.9 Å². The van der Waals surface area contributed by atoms with Gasteiger partial charge in [-0.15, -0.1) is 0 Å². The zero-order chi connectivity index (χ0) is 23.4. The highest BCUT2D eigenvalue weighted by Gasteiger charge is 2.66. The topological polar surface area (TPSA) is 25.4 Å². The first kappa shape index (κ1) is 21.1. The van der Waals surface area contributed by atoms with Gasteiger partial charge in [-0.25, -0.2) is 0 Å². The molecule has 2 aliphatic heterocycles. The highest BCUT2D eigenvalue weighted by molar-refractivity contribution is 5.82. The van der Waals surface area contributed by atoms with E-state index in [1.165, 1.54) is 80.5 Å². The molecule has 182 valence electrons. The average molecular weight is 467 g/mol. The van der Waals surface area contributed by atoms with E-state index >= 15 is 0 Å². The molecule has 3 nitrogen and oxygen atoms in total. The SMILES string of the molecule is CN(C1CC1)C1CCC2=CC3=CCC4(C)[C@@H](c5ccc6ccncc6c5)CC[C@H]4[C@@]34CC[C@]2(C1)O4. The lowest BCUT2D eigenvalue weighted by Crippen LogP contribution is -2.55. The van der Waals surface area contributed by atoms with Crippen molar-refractivity contribution >= 4 is 10.8 Å². The van der Waals surface area contributed by atoms with Gasteiger partial charge in [-0.1, -0.05) is 31.2 Å². The normalized spacial score (nSPS) is 41.9. The van der Waals surface area contributed by atoms with Crippen molar-refractivity contribution in [1.82, 2.24) is 9.88 Å². The van der Waals surface area contributed by atoms with E-state index in [2.05, 4.69) is 60.3 Å². The average Bonchev–Trinajstić information content (AvgIpc) is 3.60. The van der Waals surface area contributed by atoms with Crippen LogP contribution in [0.25, 0.3) is 10.8 Å². The van der Waals surface area contributed by atoms with Gasteiger partial charge in [-0.05, 0) is 123 Å². The molecule has 1 saturated heterocycles. The van der Waals surface area contributed by atoms with E-state index in [-0.39, 0.29) is 16.6 Å². The largest absolute Gasteiger partial charge is 0.359 e. The molecule has 1 aromatic carbocycles. The van der Waals surface area contributed by atoms with Gasteiger partial charge < -0.3 is 9.64 Å². The fraction of sp³-hybridized carbons (Fsp3) is 0.594. The Morgan fingerprint density at radius 1 is 1.00 bits per heavy atom. The molecule has 3 saturated carbocycles. The zero-order valence-corrected chi connectivity index (χ0v) is 21.3. The van der Waals surface area contributed by atoms with Crippen LogP contribution in [0.5, 0.6) is 0 Å². The predicted octanol–water partition coefficient (Wildman–Crippen LogP) is 6.94. The molecular weight excluding hydrogens is 428 g/mol. The number of aromatic nitrogens is 1. The first-order valence-corrected chi connectivity index (χ1v) is 14.2. The number of hydrogen-bond donors (Lipinski definition) is 0. The summed E-state index contributed by atoms with van der Waals surface area (Å²) in [6.45, 7) is 2.59. The Labute approximate surface area is 209 Å². The standard InChI is InChI=1S/C32H38N2O/c1-30-13-11-25-18-24-5-6-27(34(2)26-7-8-26)19-31(24)14-15-32(25,35-31)29(30)10-9-28(30)22-4-3-21-12-16-33-20-23(21)17-22/h3-4,11-12,16-18,20,26-29H,5-10,13-15,19H2,1-2H3/t27?,28-,29-,30?,31-,32-/m1/s1. The quantitative estimate of drug-likeness (QED) is 0.490. The minimum atomic E-state index is -0.0519. The van der Waals surface area contributed by atoms with Gasteiger partial charge in [-0.2, -0.15) is 0 Å². The summed E-state index contributed by atoms with van der Waals surface area (Å²) in [5.41, 5.74) is 4.89. The van der Waals surface area contributed by atoms with Crippen molar-refractivity contribution in [2.75, 3.05) is 7.05 Å². The van der Waals surface area contributed by atoms with Crippen molar-refractivity contribution in [3.63, 3.8) is 0 Å². The summed E-state index contributed by atoms with van der Waals surface area (Å²) in [5, 5.41) is 2.57. The molecule has 4 aliphatic carbocycles. The monoisotopic (exact) mass is 466 g/mol. The van der Waals surface area contributed by atoms with Crippen LogP contribution in [0.3, 0.4) is 0 Å². The summed E-state index contributed by atoms with van der Waals surface area (Å²) in [7, 11) is 2.38. The van der Waals surface area contributed by atoms with Crippen LogP contribution in [0.15, 0.2) is 60.0 Å². The molecule has 0 amide bonds. The third-order valence-corrected chi connectivity index (χ3v) is 11.4. The van der Waals surface area contributed by atoms with E-state index in [0.29, 0.717) is 17.9 Å². The van der Waals surface area contributed by atoms with Crippen molar-refractivity contribution in [2.24, 2.45) is 11.3 Å². The number of ether oxygens (including phenoxy) is 1. The second kappa shape index (κ2) is 7.07. The molecule has 35 heavy (non-hydrogen) atoms. The fourth-order valence-electron chi connectivity index (χ4n) is 9.38. The second-order valence-electron chi connectivity index (χ2n) is 13.0. The van der Waals surface area contributed by atoms with Gasteiger partial charge in [0.05, 0.1) is 11.2 Å². The molecule has 6 aliphatic rings. The summed E-state index contributed by atoms with van der Waals surface area (Å²) in [6, 6.07) is 10.8. The van der Waals surface area contributed by atoms with Gasteiger partial charge in [0.15, 0.2) is 0 Å². The Kier molecular flexibility index (Phi) is 4.27. The van der Waals surface area contributed by atoms with Gasteiger partial charge in [0.25, 0.3) is 0 Å². The van der Waals surface area contributed by atoms with Crippen LogP contribution in [0.2, 0.25) is 0 Å². The molecule has 1 aromatic heterocycles. The van der Waals surface area contributed by atoms with Crippen LogP contribution in [-0.2, 0) is 4.74 Å². The lowest BCUT2D eigenvalue weighted by atomic mass is 9.58. The Balaban J connectivity index is 1.15. The lowest BCUT2D eigenvalue weighted by Gasteiger charge is -2.55. The van der Waals surface area contributed by atoms with Gasteiger partial charge >= 0.3 is 0 Å². The summed E-state index contributed by atoms with van der Waals surface area (Å²) in [4.78, 5) is 7.10. The number of benzene rings is 1. The molecule has 3 heterocycles. The maximum atomic E-state index is 7.52. The Morgan fingerprint density at radius 2 is 1.91 bits per heavy atom. The molecule has 0 radical (unpaired) electrons. The van der Waals surface area contributed by atoms with Gasteiger partial charge in [0.2, 0.25) is 0 Å². The van der Waals surface area contributed by atoms with E-state index in [4.69, 9.17) is 4.74 Å². The first-order chi connectivity index (χ1) is 17.0. The third-order valence-electron chi connectivity index (χ3n) is 11.4. The number of nitrogens with zero attached hydrogens (tertiary/aromatic N) is 2. The summed E-state index contributed by atoms with van der Waals surface area (Å²) >= 11 is 0. The van der Waals surface area contributed by atoms with Crippen LogP contribution in [0, 0.1) is 11.3 Å². The highest BCUT2D eigenvalue weighted by atomic mass is 16.5. The number of rotatable bonds is 3. The fourth-order valence-corrected chi connectivity index (χ4v) is 9.38. The van der Waals surface area contributed by atoms with E-state index in [0.717, 1.165) is 6.04 Å². The van der Waals surface area contributed by atoms with Crippen molar-refractivity contribution in [3.05, 3.63) is 65.5 Å². The number of fused-ring (bicyclic) bond motifs is 2. The summed E-state index contributed by atoms with van der Waals surface area (Å²) in [6.07, 6.45) is 21.9. The van der Waals surface area contributed by atoms with Gasteiger partial charge in [0.1, 0.15) is 0 Å². The van der Waals surface area contributed by atoms with E-state index in [1.807, 2.05) is 12.4 Å². The maximum absolute atomic E-state index is 7.52. The van der Waals surface area contributed by atoms with Crippen molar-refractivity contribution in [2.45, 2.75) is 100 Å². The molecule has 2 spiro atoms. The second-order valence-corrected chi connectivity index (χ2v) is 13.0.